The number of carbonyl (C=O) groups excluding carboxylic acids is 1. The number of ketones is 1. The molecule has 1 aromatic carbocycles. The van der Waals surface area contributed by atoms with Crippen LogP contribution in [0.5, 0.6) is 0 Å². The van der Waals surface area contributed by atoms with E-state index in [1.165, 1.54) is 0 Å². The lowest BCUT2D eigenvalue weighted by molar-refractivity contribution is -0.116. The molecule has 4 rings (SSSR count). The van der Waals surface area contributed by atoms with Gasteiger partial charge in [-0.1, -0.05) is 48.8 Å². The molecule has 0 radical (unpaired) electrons. The molecule has 0 saturated carbocycles. The predicted octanol–water partition coefficient (Wildman–Crippen LogP) is 4.85. The van der Waals surface area contributed by atoms with E-state index in [0.717, 1.165) is 59.4 Å². The predicted molar refractivity (Wildman–Crippen MR) is 105 cm³/mol. The highest BCUT2D eigenvalue weighted by Crippen LogP contribution is 2.40. The average Bonchev–Trinajstić information content (AvgIpc) is 3.04. The minimum absolute atomic E-state index is 0.194. The van der Waals surface area contributed by atoms with Crippen LogP contribution in [-0.4, -0.2) is 26.3 Å². The fourth-order valence-electron chi connectivity index (χ4n) is 3.46. The lowest BCUT2D eigenvalue weighted by Crippen LogP contribution is -2.31. The Kier molecular flexibility index (Phi) is 5.05. The zero-order chi connectivity index (χ0) is 18.1. The van der Waals surface area contributed by atoms with E-state index in [0.29, 0.717) is 11.4 Å². The third-order valence-electron chi connectivity index (χ3n) is 4.76. The highest BCUT2D eigenvalue weighted by Gasteiger charge is 2.36. The first kappa shape index (κ1) is 17.6. The molecule has 0 saturated heterocycles. The number of fused-ring (bicyclic) bond motifs is 1. The van der Waals surface area contributed by atoms with Crippen LogP contribution >= 0.6 is 23.4 Å². The number of halogens is 1. The van der Waals surface area contributed by atoms with Crippen LogP contribution in [0.25, 0.3) is 0 Å². The van der Waals surface area contributed by atoms with Gasteiger partial charge in [-0.3, -0.25) is 4.79 Å². The number of aromatic nitrogens is 3. The molecule has 0 fully saturated rings. The van der Waals surface area contributed by atoms with Gasteiger partial charge in [0.15, 0.2) is 5.78 Å². The number of Topliss-reactive ketones (excluding diaryl/α,β-unsaturated/α-hetero) is 1. The molecular formula is C19H21ClN4OS. The van der Waals surface area contributed by atoms with E-state index in [9.17, 15) is 4.79 Å². The molecule has 1 aromatic heterocycles. The number of benzene rings is 1. The van der Waals surface area contributed by atoms with Gasteiger partial charge in [-0.2, -0.15) is 4.98 Å². The van der Waals surface area contributed by atoms with Crippen molar-refractivity contribution in [3.05, 3.63) is 46.1 Å². The maximum Gasteiger partial charge on any atom is 0.227 e. The van der Waals surface area contributed by atoms with E-state index in [-0.39, 0.29) is 11.8 Å². The second-order valence-corrected chi connectivity index (χ2v) is 8.11. The van der Waals surface area contributed by atoms with E-state index in [1.54, 1.807) is 11.8 Å². The van der Waals surface area contributed by atoms with Crippen LogP contribution in [0.4, 0.5) is 5.95 Å². The van der Waals surface area contributed by atoms with Crippen molar-refractivity contribution >= 4 is 35.1 Å². The van der Waals surface area contributed by atoms with Gasteiger partial charge < -0.3 is 5.32 Å². The molecule has 2 heterocycles. The maximum absolute atomic E-state index is 12.7. The molecule has 2 aromatic rings. The van der Waals surface area contributed by atoms with Crippen molar-refractivity contribution in [3.63, 3.8) is 0 Å². The van der Waals surface area contributed by atoms with Gasteiger partial charge >= 0.3 is 0 Å². The van der Waals surface area contributed by atoms with E-state index < -0.39 is 0 Å². The van der Waals surface area contributed by atoms with Gasteiger partial charge in [0.05, 0.1) is 0 Å². The Bertz CT molecular complexity index is 859. The summed E-state index contributed by atoms with van der Waals surface area (Å²) in [5.74, 6) is 1.91. The normalized spacial score (nSPS) is 19.2. The Morgan fingerprint density at radius 2 is 2.12 bits per heavy atom. The number of rotatable bonds is 5. The number of hydrogen-bond acceptors (Lipinski definition) is 5. The van der Waals surface area contributed by atoms with Crippen molar-refractivity contribution in [3.8, 4) is 0 Å². The molecule has 5 nitrogen and oxygen atoms in total. The first-order chi connectivity index (χ1) is 12.7. The highest BCUT2D eigenvalue weighted by molar-refractivity contribution is 7.99. The molecule has 136 valence electrons. The van der Waals surface area contributed by atoms with Crippen LogP contribution in [0.1, 0.15) is 50.6 Å². The number of hydrogen-bond donors (Lipinski definition) is 1. The Morgan fingerprint density at radius 3 is 2.88 bits per heavy atom. The smallest absolute Gasteiger partial charge is 0.227 e. The van der Waals surface area contributed by atoms with Crippen molar-refractivity contribution < 1.29 is 4.79 Å². The molecule has 2 aliphatic rings. The van der Waals surface area contributed by atoms with Gasteiger partial charge in [0.25, 0.3) is 0 Å². The summed E-state index contributed by atoms with van der Waals surface area (Å²) >= 11 is 7.73. The number of carbonyl (C=O) groups is 1. The quantitative estimate of drug-likeness (QED) is 0.586. The second-order valence-electron chi connectivity index (χ2n) is 6.61. The Balaban J connectivity index is 1.76. The van der Waals surface area contributed by atoms with Gasteiger partial charge in [-0.15, -0.1) is 5.10 Å². The number of anilines is 1. The van der Waals surface area contributed by atoms with Crippen LogP contribution in [0.2, 0.25) is 5.02 Å². The van der Waals surface area contributed by atoms with Gasteiger partial charge in [0, 0.05) is 28.5 Å². The SMILES string of the molecule is CCCCSc1nc2n(n1)[C@H](c1ccc(Cl)cc1)C1=C(CCCC1=O)N2. The van der Waals surface area contributed by atoms with Crippen LogP contribution in [0, 0.1) is 0 Å². The van der Waals surface area contributed by atoms with E-state index in [2.05, 4.69) is 17.2 Å². The summed E-state index contributed by atoms with van der Waals surface area (Å²) in [6.45, 7) is 2.17. The van der Waals surface area contributed by atoms with Gasteiger partial charge in [0.1, 0.15) is 6.04 Å². The van der Waals surface area contributed by atoms with E-state index in [1.807, 2.05) is 28.9 Å². The summed E-state index contributed by atoms with van der Waals surface area (Å²) < 4.78 is 1.86. The Hall–Kier alpha value is -1.79. The van der Waals surface area contributed by atoms with Crippen molar-refractivity contribution in [1.82, 2.24) is 14.8 Å². The number of unbranched alkanes of at least 4 members (excludes halogenated alkanes) is 1. The standard InChI is InChI=1S/C19H21ClN4OS/c1-2-3-11-26-19-22-18-21-14-5-4-6-15(25)16(14)17(24(18)23-19)12-7-9-13(20)10-8-12/h7-10,17H,2-6,11H2,1H3,(H,21,22,23)/t17-/m1/s1. The van der Waals surface area contributed by atoms with Crippen LogP contribution in [0.15, 0.2) is 40.7 Å². The van der Waals surface area contributed by atoms with Crippen molar-refractivity contribution in [1.29, 1.82) is 0 Å². The number of allylic oxidation sites excluding steroid dienone is 2. The van der Waals surface area contributed by atoms with Gasteiger partial charge in [0.2, 0.25) is 11.1 Å². The van der Waals surface area contributed by atoms with E-state index >= 15 is 0 Å². The summed E-state index contributed by atoms with van der Waals surface area (Å²) in [5, 5.41) is 9.51. The van der Waals surface area contributed by atoms with Crippen LogP contribution < -0.4 is 5.32 Å². The highest BCUT2D eigenvalue weighted by atomic mass is 35.5. The lowest BCUT2D eigenvalue weighted by Gasteiger charge is -2.32. The Labute approximate surface area is 162 Å². The average molecular weight is 389 g/mol. The summed E-state index contributed by atoms with van der Waals surface area (Å²) in [4.78, 5) is 17.4. The molecule has 26 heavy (non-hydrogen) atoms. The van der Waals surface area contributed by atoms with Gasteiger partial charge in [-0.25, -0.2) is 4.68 Å². The molecule has 1 aliphatic heterocycles. The largest absolute Gasteiger partial charge is 0.328 e. The lowest BCUT2D eigenvalue weighted by atomic mass is 9.85. The number of thioether (sulfide) groups is 1. The molecule has 7 heteroatoms. The van der Waals surface area contributed by atoms with Crippen molar-refractivity contribution in [2.45, 2.75) is 50.2 Å². The summed E-state index contributed by atoms with van der Waals surface area (Å²) in [7, 11) is 0. The minimum atomic E-state index is -0.237. The van der Waals surface area contributed by atoms with Crippen LogP contribution in [-0.2, 0) is 4.79 Å². The number of nitrogens with zero attached hydrogens (tertiary/aromatic N) is 3. The third kappa shape index (κ3) is 3.28. The molecule has 1 N–H and O–H groups in total. The first-order valence-corrected chi connectivity index (χ1v) is 10.4. The fraction of sp³-hybridized carbons (Fsp3) is 0.421. The third-order valence-corrected chi connectivity index (χ3v) is 5.94. The fourth-order valence-corrected chi connectivity index (χ4v) is 4.50. The van der Waals surface area contributed by atoms with Crippen molar-refractivity contribution in [2.24, 2.45) is 0 Å². The van der Waals surface area contributed by atoms with E-state index in [4.69, 9.17) is 16.7 Å². The topological polar surface area (TPSA) is 59.8 Å². The molecule has 0 bridgehead atoms. The van der Waals surface area contributed by atoms with Crippen LogP contribution in [0.3, 0.4) is 0 Å². The summed E-state index contributed by atoms with van der Waals surface area (Å²) in [6.07, 6.45) is 4.62. The molecule has 0 amide bonds. The zero-order valence-corrected chi connectivity index (χ0v) is 16.2. The van der Waals surface area contributed by atoms with Gasteiger partial charge in [-0.05, 0) is 37.0 Å². The molecule has 0 unspecified atom stereocenters. The molecule has 1 atom stereocenters. The second kappa shape index (κ2) is 7.45. The summed E-state index contributed by atoms with van der Waals surface area (Å²) in [5.41, 5.74) is 2.82. The molecule has 0 spiro atoms. The molecular weight excluding hydrogens is 368 g/mol. The summed E-state index contributed by atoms with van der Waals surface area (Å²) in [6, 6.07) is 7.43. The minimum Gasteiger partial charge on any atom is -0.328 e. The number of nitrogens with one attached hydrogen (secondary N) is 1. The Morgan fingerprint density at radius 1 is 1.31 bits per heavy atom. The van der Waals surface area contributed by atoms with Crippen molar-refractivity contribution in [2.75, 3.05) is 11.1 Å². The maximum atomic E-state index is 12.7. The monoisotopic (exact) mass is 388 g/mol. The zero-order valence-electron chi connectivity index (χ0n) is 14.7. The first-order valence-electron chi connectivity index (χ1n) is 9.05. The molecule has 1 aliphatic carbocycles.